The Morgan fingerprint density at radius 1 is 1.30 bits per heavy atom. The summed E-state index contributed by atoms with van der Waals surface area (Å²) >= 11 is 0. The van der Waals surface area contributed by atoms with Crippen molar-refractivity contribution in [2.75, 3.05) is 20.8 Å². The molecule has 0 N–H and O–H groups in total. The summed E-state index contributed by atoms with van der Waals surface area (Å²) in [5.41, 5.74) is 0. The fraction of sp³-hybridized carbons (Fsp3) is 0.667. The minimum absolute atomic E-state index is 0.406. The van der Waals surface area contributed by atoms with Crippen LogP contribution in [-0.4, -0.2) is 32.7 Å². The van der Waals surface area contributed by atoms with Gasteiger partial charge in [0.2, 0.25) is 0 Å². The zero-order valence-corrected chi connectivity index (χ0v) is 6.13. The van der Waals surface area contributed by atoms with E-state index in [9.17, 15) is 0 Å². The van der Waals surface area contributed by atoms with E-state index in [0.717, 1.165) is 6.42 Å². The molecule has 0 radical (unpaired) electrons. The third-order valence-electron chi connectivity index (χ3n) is 1.21. The summed E-state index contributed by atoms with van der Waals surface area (Å²) in [6.45, 7) is 0.704. The van der Waals surface area contributed by atoms with E-state index in [0.29, 0.717) is 18.5 Å². The van der Waals surface area contributed by atoms with Crippen molar-refractivity contribution in [2.45, 2.75) is 6.42 Å². The Kier molecular flexibility index (Phi) is 2.25. The summed E-state index contributed by atoms with van der Waals surface area (Å²) in [7, 11) is 3.14. The zero-order chi connectivity index (χ0) is 7.40. The van der Waals surface area contributed by atoms with Gasteiger partial charge in [0.15, 0.2) is 5.90 Å². The van der Waals surface area contributed by atoms with Crippen LogP contribution in [0, 0.1) is 0 Å². The highest BCUT2D eigenvalue weighted by Gasteiger charge is 2.07. The Morgan fingerprint density at radius 2 is 2.10 bits per heavy atom. The van der Waals surface area contributed by atoms with Gasteiger partial charge in [0.05, 0.1) is 20.8 Å². The van der Waals surface area contributed by atoms with Gasteiger partial charge in [-0.15, -0.1) is 0 Å². The molecule has 0 unspecified atom stereocenters. The Bertz CT molecular complexity index is 175. The van der Waals surface area contributed by atoms with Crippen LogP contribution >= 0.6 is 0 Å². The molecule has 4 nitrogen and oxygen atoms in total. The molecule has 0 bridgehead atoms. The van der Waals surface area contributed by atoms with Crippen LogP contribution in [0.5, 0.6) is 0 Å². The smallest absolute Gasteiger partial charge is 0.314 e. The molecule has 56 valence electrons. The summed E-state index contributed by atoms with van der Waals surface area (Å²) in [6.07, 6.45) is 0.767. The van der Waals surface area contributed by atoms with Gasteiger partial charge in [0.1, 0.15) is 0 Å². The number of hydrogen-bond acceptors (Lipinski definition) is 4. The number of methoxy groups -OCH3 is 2. The molecule has 0 amide bonds. The Labute approximate surface area is 59.6 Å². The lowest BCUT2D eigenvalue weighted by atomic mass is 10.4. The van der Waals surface area contributed by atoms with Crippen molar-refractivity contribution in [3.8, 4) is 0 Å². The predicted molar refractivity (Wildman–Crippen MR) is 38.4 cm³/mol. The SMILES string of the molecule is COC1=NC(OC)=NCC1. The average Bonchev–Trinajstić information content (AvgIpc) is 2.05. The first kappa shape index (κ1) is 7.05. The highest BCUT2D eigenvalue weighted by molar-refractivity contribution is 5.92. The molecule has 0 saturated carbocycles. The Morgan fingerprint density at radius 3 is 2.70 bits per heavy atom. The first-order chi connectivity index (χ1) is 4.86. The molecule has 0 aromatic carbocycles. The molecule has 0 aromatic rings. The van der Waals surface area contributed by atoms with Gasteiger partial charge in [-0.05, 0) is 0 Å². The number of aliphatic imine (C=N–C) groups is 2. The number of nitrogens with zero attached hydrogens (tertiary/aromatic N) is 2. The second-order valence-corrected chi connectivity index (χ2v) is 1.83. The summed E-state index contributed by atoms with van der Waals surface area (Å²) in [5, 5.41) is 0. The molecule has 1 heterocycles. The third-order valence-corrected chi connectivity index (χ3v) is 1.21. The fourth-order valence-electron chi connectivity index (χ4n) is 0.703. The maximum atomic E-state index is 4.91. The van der Waals surface area contributed by atoms with E-state index in [2.05, 4.69) is 9.98 Å². The quantitative estimate of drug-likeness (QED) is 0.492. The number of ether oxygens (including phenoxy) is 2. The van der Waals surface area contributed by atoms with Crippen molar-refractivity contribution in [3.05, 3.63) is 0 Å². The molecule has 1 rings (SSSR count). The Balaban J connectivity index is 2.61. The molecular weight excluding hydrogens is 132 g/mol. The summed E-state index contributed by atoms with van der Waals surface area (Å²) in [6, 6.07) is 0.406. The van der Waals surface area contributed by atoms with E-state index in [1.807, 2.05) is 0 Å². The monoisotopic (exact) mass is 142 g/mol. The van der Waals surface area contributed by atoms with Crippen molar-refractivity contribution < 1.29 is 9.47 Å². The van der Waals surface area contributed by atoms with Crippen LogP contribution in [0.25, 0.3) is 0 Å². The highest BCUT2D eigenvalue weighted by Crippen LogP contribution is 1.99. The first-order valence-electron chi connectivity index (χ1n) is 3.07. The molecule has 0 fully saturated rings. The second kappa shape index (κ2) is 3.20. The highest BCUT2D eigenvalue weighted by atomic mass is 16.5. The molecule has 0 atom stereocenters. The van der Waals surface area contributed by atoms with Crippen molar-refractivity contribution in [1.29, 1.82) is 0 Å². The van der Waals surface area contributed by atoms with Gasteiger partial charge in [-0.25, -0.2) is 4.99 Å². The standard InChI is InChI=1S/C6H10N2O2/c1-9-5-3-4-7-6(8-5)10-2/h3-4H2,1-2H3. The molecule has 1 aliphatic heterocycles. The van der Waals surface area contributed by atoms with Crippen LogP contribution < -0.4 is 0 Å². The fourth-order valence-corrected chi connectivity index (χ4v) is 0.703. The molecular formula is C6H10N2O2. The van der Waals surface area contributed by atoms with Crippen molar-refractivity contribution in [2.24, 2.45) is 9.98 Å². The average molecular weight is 142 g/mol. The minimum Gasteiger partial charge on any atom is -0.484 e. The number of hydrogen-bond donors (Lipinski definition) is 0. The molecule has 10 heavy (non-hydrogen) atoms. The van der Waals surface area contributed by atoms with Crippen LogP contribution in [0.2, 0.25) is 0 Å². The van der Waals surface area contributed by atoms with Gasteiger partial charge in [-0.1, -0.05) is 0 Å². The van der Waals surface area contributed by atoms with Gasteiger partial charge in [-0.2, -0.15) is 4.99 Å². The van der Waals surface area contributed by atoms with Gasteiger partial charge < -0.3 is 9.47 Å². The topological polar surface area (TPSA) is 43.2 Å². The van der Waals surface area contributed by atoms with Gasteiger partial charge in [0.25, 0.3) is 0 Å². The Hall–Kier alpha value is -1.06. The van der Waals surface area contributed by atoms with E-state index in [4.69, 9.17) is 9.47 Å². The molecule has 1 aliphatic rings. The number of rotatable bonds is 0. The molecule has 0 aliphatic carbocycles. The molecule has 4 heteroatoms. The lowest BCUT2D eigenvalue weighted by Crippen LogP contribution is -2.14. The van der Waals surface area contributed by atoms with Crippen molar-refractivity contribution >= 4 is 11.9 Å². The summed E-state index contributed by atoms with van der Waals surface area (Å²) in [4.78, 5) is 7.91. The van der Waals surface area contributed by atoms with Crippen molar-refractivity contribution in [1.82, 2.24) is 0 Å². The third kappa shape index (κ3) is 1.46. The summed E-state index contributed by atoms with van der Waals surface area (Å²) in [5.74, 6) is 0.687. The van der Waals surface area contributed by atoms with E-state index in [1.165, 1.54) is 0 Å². The van der Waals surface area contributed by atoms with Crippen LogP contribution in [-0.2, 0) is 9.47 Å². The molecule has 0 spiro atoms. The van der Waals surface area contributed by atoms with Crippen LogP contribution in [0.1, 0.15) is 6.42 Å². The largest absolute Gasteiger partial charge is 0.484 e. The van der Waals surface area contributed by atoms with E-state index in [-0.39, 0.29) is 0 Å². The zero-order valence-electron chi connectivity index (χ0n) is 6.13. The van der Waals surface area contributed by atoms with Crippen LogP contribution in [0.4, 0.5) is 0 Å². The normalized spacial score (nSPS) is 17.4. The van der Waals surface area contributed by atoms with Gasteiger partial charge >= 0.3 is 6.02 Å². The van der Waals surface area contributed by atoms with Gasteiger partial charge in [-0.3, -0.25) is 0 Å². The van der Waals surface area contributed by atoms with Crippen LogP contribution in [0.15, 0.2) is 9.98 Å². The summed E-state index contributed by atoms with van der Waals surface area (Å²) < 4.78 is 9.72. The number of amidine groups is 1. The lowest BCUT2D eigenvalue weighted by molar-refractivity contribution is 0.368. The molecule has 0 saturated heterocycles. The minimum atomic E-state index is 0.406. The van der Waals surface area contributed by atoms with E-state index < -0.39 is 0 Å². The lowest BCUT2D eigenvalue weighted by Gasteiger charge is -2.08. The predicted octanol–water partition coefficient (Wildman–Crippen LogP) is 0.437. The molecule has 0 aromatic heterocycles. The van der Waals surface area contributed by atoms with Crippen molar-refractivity contribution in [3.63, 3.8) is 0 Å². The van der Waals surface area contributed by atoms with E-state index >= 15 is 0 Å². The van der Waals surface area contributed by atoms with Gasteiger partial charge in [0, 0.05) is 6.42 Å². The van der Waals surface area contributed by atoms with Crippen LogP contribution in [0.3, 0.4) is 0 Å². The first-order valence-corrected chi connectivity index (χ1v) is 3.07. The maximum absolute atomic E-state index is 4.91. The van der Waals surface area contributed by atoms with E-state index in [1.54, 1.807) is 14.2 Å². The maximum Gasteiger partial charge on any atom is 0.314 e. The second-order valence-electron chi connectivity index (χ2n) is 1.83.